The van der Waals surface area contributed by atoms with Crippen molar-refractivity contribution in [3.63, 3.8) is 0 Å². The Morgan fingerprint density at radius 3 is 2.74 bits per heavy atom. The minimum Gasteiger partial charge on any atom is -0.322 e. The molecule has 5 nitrogen and oxygen atoms in total. The predicted molar refractivity (Wildman–Crippen MR) is 91.7 cm³/mol. The summed E-state index contributed by atoms with van der Waals surface area (Å²) < 4.78 is 1.68. The molecule has 0 spiro atoms. The molecule has 1 N–H and O–H groups in total. The summed E-state index contributed by atoms with van der Waals surface area (Å²) in [5, 5.41) is 8.00. The van der Waals surface area contributed by atoms with Crippen LogP contribution in [-0.2, 0) is 7.05 Å². The quantitative estimate of drug-likeness (QED) is 0.803. The van der Waals surface area contributed by atoms with Gasteiger partial charge in [0.05, 0.1) is 17.1 Å². The predicted octanol–water partition coefficient (Wildman–Crippen LogP) is 3.65. The molecule has 2 aromatic heterocycles. The third kappa shape index (κ3) is 2.82. The molecule has 0 radical (unpaired) electrons. The third-order valence-electron chi connectivity index (χ3n) is 3.91. The van der Waals surface area contributed by atoms with E-state index >= 15 is 0 Å². The molecule has 1 aromatic carbocycles. The normalized spacial score (nSPS) is 11.2. The van der Waals surface area contributed by atoms with Gasteiger partial charge in [0.2, 0.25) is 0 Å². The Balaban J connectivity index is 2.02. The van der Waals surface area contributed by atoms with Gasteiger partial charge in [-0.2, -0.15) is 5.10 Å². The summed E-state index contributed by atoms with van der Waals surface area (Å²) in [6.45, 7) is 6.10. The number of para-hydroxylation sites is 1. The Morgan fingerprint density at radius 2 is 2.00 bits per heavy atom. The second kappa shape index (κ2) is 5.83. The fourth-order valence-electron chi connectivity index (χ4n) is 2.73. The van der Waals surface area contributed by atoms with Gasteiger partial charge < -0.3 is 5.32 Å². The van der Waals surface area contributed by atoms with Crippen molar-refractivity contribution in [3.8, 4) is 0 Å². The van der Waals surface area contributed by atoms with Gasteiger partial charge in [-0.25, -0.2) is 4.98 Å². The highest BCUT2D eigenvalue weighted by Crippen LogP contribution is 2.25. The van der Waals surface area contributed by atoms with Crippen molar-refractivity contribution in [2.75, 3.05) is 5.32 Å². The number of rotatable bonds is 3. The van der Waals surface area contributed by atoms with Crippen LogP contribution in [0, 0.1) is 6.92 Å². The van der Waals surface area contributed by atoms with E-state index in [1.807, 2.05) is 38.2 Å². The summed E-state index contributed by atoms with van der Waals surface area (Å²) in [4.78, 5) is 17.2. The number of fused-ring (bicyclic) bond motifs is 1. The van der Waals surface area contributed by atoms with Crippen LogP contribution in [0.5, 0.6) is 0 Å². The average Bonchev–Trinajstić information content (AvgIpc) is 2.88. The fourth-order valence-corrected chi connectivity index (χ4v) is 2.73. The smallest absolute Gasteiger partial charge is 0.256 e. The van der Waals surface area contributed by atoms with Gasteiger partial charge in [-0.15, -0.1) is 0 Å². The second-order valence-electron chi connectivity index (χ2n) is 6.01. The van der Waals surface area contributed by atoms with E-state index in [0.717, 1.165) is 22.3 Å². The molecule has 0 unspecified atom stereocenters. The van der Waals surface area contributed by atoms with Crippen LogP contribution < -0.4 is 5.32 Å². The lowest BCUT2D eigenvalue weighted by atomic mass is 10.0. The van der Waals surface area contributed by atoms with Crippen molar-refractivity contribution in [1.82, 2.24) is 14.8 Å². The number of benzene rings is 1. The molecule has 0 fully saturated rings. The molecule has 1 amide bonds. The van der Waals surface area contributed by atoms with Gasteiger partial charge in [0.1, 0.15) is 0 Å². The molecular formula is C18H20N4O. The van der Waals surface area contributed by atoms with Gasteiger partial charge in [0, 0.05) is 18.4 Å². The third-order valence-corrected chi connectivity index (χ3v) is 3.91. The largest absolute Gasteiger partial charge is 0.322 e. The zero-order valence-electron chi connectivity index (χ0n) is 13.8. The molecule has 23 heavy (non-hydrogen) atoms. The second-order valence-corrected chi connectivity index (χ2v) is 6.01. The minimum absolute atomic E-state index is 0.137. The number of hydrogen-bond acceptors (Lipinski definition) is 3. The van der Waals surface area contributed by atoms with E-state index in [0.29, 0.717) is 17.1 Å². The lowest BCUT2D eigenvalue weighted by Gasteiger charge is -2.14. The summed E-state index contributed by atoms with van der Waals surface area (Å²) >= 11 is 0. The molecule has 0 bridgehead atoms. The van der Waals surface area contributed by atoms with Crippen LogP contribution in [0.15, 0.2) is 36.5 Å². The maximum atomic E-state index is 12.8. The standard InChI is InChI=1S/C18H20N4O/c1-11(2)13-7-5-6-8-16(13)21-18(23)14-9-12(3)20-17-15(14)10-19-22(17)4/h5-11H,1-4H3,(H,21,23). The Hall–Kier alpha value is -2.69. The molecule has 0 aliphatic carbocycles. The van der Waals surface area contributed by atoms with Gasteiger partial charge >= 0.3 is 0 Å². The minimum atomic E-state index is -0.137. The molecule has 2 heterocycles. The summed E-state index contributed by atoms with van der Waals surface area (Å²) in [7, 11) is 1.82. The maximum absolute atomic E-state index is 12.8. The number of aryl methyl sites for hydroxylation is 2. The number of amides is 1. The first-order chi connectivity index (χ1) is 11.0. The Bertz CT molecular complexity index is 880. The SMILES string of the molecule is Cc1cc(C(=O)Nc2ccccc2C(C)C)c2cnn(C)c2n1. The van der Waals surface area contributed by atoms with Crippen molar-refractivity contribution in [3.05, 3.63) is 53.3 Å². The number of carbonyl (C=O) groups excluding carboxylic acids is 1. The highest BCUT2D eigenvalue weighted by atomic mass is 16.1. The monoisotopic (exact) mass is 308 g/mol. The van der Waals surface area contributed by atoms with Crippen LogP contribution in [0.3, 0.4) is 0 Å². The average molecular weight is 308 g/mol. The van der Waals surface area contributed by atoms with Crippen LogP contribution in [0.1, 0.15) is 41.4 Å². The van der Waals surface area contributed by atoms with Gasteiger partial charge in [-0.05, 0) is 30.5 Å². The molecule has 0 saturated heterocycles. The lowest BCUT2D eigenvalue weighted by molar-refractivity contribution is 0.102. The van der Waals surface area contributed by atoms with E-state index in [4.69, 9.17) is 0 Å². The molecule has 0 aliphatic rings. The van der Waals surface area contributed by atoms with E-state index in [9.17, 15) is 4.79 Å². The molecular weight excluding hydrogens is 288 g/mol. The van der Waals surface area contributed by atoms with Crippen molar-refractivity contribution in [1.29, 1.82) is 0 Å². The molecule has 3 aromatic rings. The molecule has 3 rings (SSSR count). The van der Waals surface area contributed by atoms with Gasteiger partial charge in [0.15, 0.2) is 5.65 Å². The molecule has 5 heteroatoms. The molecule has 0 aliphatic heterocycles. The van der Waals surface area contributed by atoms with Crippen molar-refractivity contribution in [2.45, 2.75) is 26.7 Å². The highest BCUT2D eigenvalue weighted by molar-refractivity contribution is 6.12. The van der Waals surface area contributed by atoms with E-state index in [2.05, 4.69) is 29.2 Å². The van der Waals surface area contributed by atoms with Crippen molar-refractivity contribution < 1.29 is 4.79 Å². The van der Waals surface area contributed by atoms with Crippen molar-refractivity contribution >= 4 is 22.6 Å². The summed E-state index contributed by atoms with van der Waals surface area (Å²) in [5.41, 5.74) is 4.07. The van der Waals surface area contributed by atoms with Crippen molar-refractivity contribution in [2.24, 2.45) is 7.05 Å². The van der Waals surface area contributed by atoms with E-state index in [-0.39, 0.29) is 5.91 Å². The van der Waals surface area contributed by atoms with E-state index < -0.39 is 0 Å². The fraction of sp³-hybridized carbons (Fsp3) is 0.278. The summed E-state index contributed by atoms with van der Waals surface area (Å²) in [6, 6.07) is 9.69. The highest BCUT2D eigenvalue weighted by Gasteiger charge is 2.16. The molecule has 118 valence electrons. The number of nitrogens with one attached hydrogen (secondary N) is 1. The topological polar surface area (TPSA) is 59.8 Å². The van der Waals surface area contributed by atoms with Crippen LogP contribution in [0.2, 0.25) is 0 Å². The molecule has 0 atom stereocenters. The number of carbonyl (C=O) groups is 1. The Labute approximate surface area is 135 Å². The van der Waals surface area contributed by atoms with Crippen LogP contribution >= 0.6 is 0 Å². The Morgan fingerprint density at radius 1 is 1.26 bits per heavy atom. The zero-order valence-corrected chi connectivity index (χ0v) is 13.8. The summed E-state index contributed by atoms with van der Waals surface area (Å²) in [5.74, 6) is 0.200. The lowest BCUT2D eigenvalue weighted by Crippen LogP contribution is -2.14. The van der Waals surface area contributed by atoms with Crippen LogP contribution in [0.25, 0.3) is 11.0 Å². The van der Waals surface area contributed by atoms with Gasteiger partial charge in [-0.3, -0.25) is 9.48 Å². The zero-order chi connectivity index (χ0) is 16.6. The van der Waals surface area contributed by atoms with Gasteiger partial charge in [-0.1, -0.05) is 32.0 Å². The number of nitrogens with zero attached hydrogens (tertiary/aromatic N) is 3. The number of hydrogen-bond donors (Lipinski definition) is 1. The van der Waals surface area contributed by atoms with Crippen LogP contribution in [0.4, 0.5) is 5.69 Å². The number of pyridine rings is 1. The maximum Gasteiger partial charge on any atom is 0.256 e. The first kappa shape index (κ1) is 15.2. The Kier molecular flexibility index (Phi) is 3.86. The van der Waals surface area contributed by atoms with Crippen LogP contribution in [-0.4, -0.2) is 20.7 Å². The van der Waals surface area contributed by atoms with E-state index in [1.54, 1.807) is 16.9 Å². The summed E-state index contributed by atoms with van der Waals surface area (Å²) in [6.07, 6.45) is 1.69. The van der Waals surface area contributed by atoms with E-state index in [1.165, 1.54) is 0 Å². The van der Waals surface area contributed by atoms with Gasteiger partial charge in [0.25, 0.3) is 5.91 Å². The first-order valence-electron chi connectivity index (χ1n) is 7.67. The number of anilines is 1. The first-order valence-corrected chi connectivity index (χ1v) is 7.67. The molecule has 0 saturated carbocycles. The number of aromatic nitrogens is 3.